The maximum Gasteiger partial charge on any atom is 0.328 e. The van der Waals surface area contributed by atoms with Crippen LogP contribution in [0.4, 0.5) is 0 Å². The summed E-state index contributed by atoms with van der Waals surface area (Å²) in [6.07, 6.45) is 34.1. The molecule has 1 rings (SSSR count). The smallest absolute Gasteiger partial charge is 0.328 e. The average Bonchev–Trinajstić information content (AvgIpc) is 3.34. The highest BCUT2D eigenvalue weighted by molar-refractivity contribution is 5.85. The molecule has 0 spiro atoms. The second kappa shape index (κ2) is 45.5. The van der Waals surface area contributed by atoms with Crippen molar-refractivity contribution in [1.29, 1.82) is 0 Å². The first-order valence-corrected chi connectivity index (χ1v) is 28.4. The third kappa shape index (κ3) is 36.9. The Bertz CT molecular complexity index is 1420. The van der Waals surface area contributed by atoms with Gasteiger partial charge in [0.05, 0.1) is 38.3 Å². The molecule has 0 aliphatic heterocycles. The number of esters is 4. The van der Waals surface area contributed by atoms with Crippen molar-refractivity contribution >= 4 is 29.8 Å². The van der Waals surface area contributed by atoms with E-state index in [0.29, 0.717) is 32.5 Å². The number of hydrogen-bond acceptors (Lipinski definition) is 10. The number of aromatic hydroxyl groups is 1. The lowest BCUT2D eigenvalue weighted by molar-refractivity contribution is -0.150. The van der Waals surface area contributed by atoms with Gasteiger partial charge in [-0.25, -0.2) is 4.79 Å². The van der Waals surface area contributed by atoms with E-state index in [1.807, 2.05) is 0 Å². The number of ether oxygens (including phenoxy) is 4. The van der Waals surface area contributed by atoms with Crippen molar-refractivity contribution in [2.24, 2.45) is 11.8 Å². The lowest BCUT2D eigenvalue weighted by Crippen LogP contribution is -2.42. The zero-order valence-electron chi connectivity index (χ0n) is 44.4. The van der Waals surface area contributed by atoms with Gasteiger partial charge in [0.15, 0.2) is 0 Å². The Morgan fingerprint density at radius 1 is 0.420 bits per heavy atom. The van der Waals surface area contributed by atoms with Crippen LogP contribution in [0.15, 0.2) is 24.3 Å². The molecule has 2 N–H and O–H groups in total. The number of carbonyl (C=O) groups excluding carboxylic acids is 5. The average molecular weight is 972 g/mol. The summed E-state index contributed by atoms with van der Waals surface area (Å²) in [6, 6.07) is 5.62. The minimum Gasteiger partial charge on any atom is -0.508 e. The third-order valence-electron chi connectivity index (χ3n) is 13.2. The molecule has 398 valence electrons. The van der Waals surface area contributed by atoms with Gasteiger partial charge in [-0.3, -0.25) is 19.2 Å². The van der Waals surface area contributed by atoms with E-state index in [1.165, 1.54) is 89.9 Å². The van der Waals surface area contributed by atoms with E-state index < -0.39 is 18.0 Å². The number of unbranched alkanes of at least 4 members (excludes halogenated alkanes) is 22. The molecule has 11 heteroatoms. The molecule has 1 aromatic rings. The van der Waals surface area contributed by atoms with Gasteiger partial charge in [-0.15, -0.1) is 0 Å². The van der Waals surface area contributed by atoms with Gasteiger partial charge in [0.1, 0.15) is 11.8 Å². The van der Waals surface area contributed by atoms with Gasteiger partial charge >= 0.3 is 23.9 Å². The molecule has 0 aliphatic carbocycles. The van der Waals surface area contributed by atoms with E-state index in [1.54, 1.807) is 24.3 Å². The molecule has 11 nitrogen and oxygen atoms in total. The van der Waals surface area contributed by atoms with Gasteiger partial charge in [-0.2, -0.15) is 0 Å². The lowest BCUT2D eigenvalue weighted by atomic mass is 9.94. The van der Waals surface area contributed by atoms with Gasteiger partial charge in [0, 0.05) is 12.8 Å². The number of phenols is 1. The van der Waals surface area contributed by atoms with E-state index in [4.69, 9.17) is 18.9 Å². The summed E-state index contributed by atoms with van der Waals surface area (Å²) in [4.78, 5) is 64.9. The second-order valence-electron chi connectivity index (χ2n) is 19.6. The number of carbonyl (C=O) groups is 5. The second-order valence-corrected chi connectivity index (χ2v) is 19.6. The molecule has 0 fully saturated rings. The van der Waals surface area contributed by atoms with Crippen molar-refractivity contribution in [3.63, 3.8) is 0 Å². The summed E-state index contributed by atoms with van der Waals surface area (Å²) in [6.45, 7) is 10.1. The highest BCUT2D eigenvalue weighted by Gasteiger charge is 2.24. The van der Waals surface area contributed by atoms with Crippen LogP contribution in [0.1, 0.15) is 258 Å². The van der Waals surface area contributed by atoms with Crippen LogP contribution in [-0.2, 0) is 49.3 Å². The number of nitrogens with one attached hydrogen (secondary N) is 1. The Labute approximate surface area is 420 Å². The quantitative estimate of drug-likeness (QED) is 0.0366. The Hall–Kier alpha value is -3.63. The zero-order chi connectivity index (χ0) is 50.4. The van der Waals surface area contributed by atoms with E-state index >= 15 is 0 Å². The highest BCUT2D eigenvalue weighted by Crippen LogP contribution is 2.23. The highest BCUT2D eigenvalue weighted by atomic mass is 16.5. The molecule has 0 saturated carbocycles. The summed E-state index contributed by atoms with van der Waals surface area (Å²) in [7, 11) is 0. The Balaban J connectivity index is 2.49. The monoisotopic (exact) mass is 972 g/mol. The van der Waals surface area contributed by atoms with Crippen LogP contribution < -0.4 is 5.32 Å². The number of rotatable bonds is 48. The van der Waals surface area contributed by atoms with Gasteiger partial charge in [-0.05, 0) is 108 Å². The summed E-state index contributed by atoms with van der Waals surface area (Å²) < 4.78 is 22.5. The largest absolute Gasteiger partial charge is 0.508 e. The molecule has 3 unspecified atom stereocenters. The standard InChI is InChI=1S/C58H101NO10/c1-5-9-13-17-19-27-35-50(33-25-15-11-7-3)56(63)67-46-30-22-21-29-45-66-55(62)44-42-53(59-54(61)43-39-49-37-40-52(60)41-38-49)58(65)69-48-32-24-23-31-47-68-57(64)51(34-26-16-12-8-4)36-28-20-18-14-10-6-2/h37-38,40-41,50-51,53,60H,5-36,39,42-48H2,1-4H3,(H,59,61). The van der Waals surface area contributed by atoms with Gasteiger partial charge < -0.3 is 29.4 Å². The predicted octanol–water partition coefficient (Wildman–Crippen LogP) is 14.6. The SMILES string of the molecule is CCCCCCCCC(CCCCCC)C(=O)OCCCCCCOC(=O)CCC(NC(=O)CCc1ccc(O)cc1)C(=O)OCCCCCCOC(=O)C(CCCCCC)CCCCCCCC. The van der Waals surface area contributed by atoms with Crippen LogP contribution in [0.2, 0.25) is 0 Å². The van der Waals surface area contributed by atoms with Crippen LogP contribution in [0.5, 0.6) is 5.75 Å². The molecule has 0 aromatic heterocycles. The minimum atomic E-state index is -1.00. The summed E-state index contributed by atoms with van der Waals surface area (Å²) in [5.41, 5.74) is 0.873. The summed E-state index contributed by atoms with van der Waals surface area (Å²) >= 11 is 0. The molecule has 3 atom stereocenters. The van der Waals surface area contributed by atoms with Crippen LogP contribution in [0.3, 0.4) is 0 Å². The fraction of sp³-hybridized carbons (Fsp3) is 0.810. The first-order valence-electron chi connectivity index (χ1n) is 28.4. The van der Waals surface area contributed by atoms with Crippen LogP contribution in [0.25, 0.3) is 0 Å². The van der Waals surface area contributed by atoms with Gasteiger partial charge in [0.2, 0.25) is 5.91 Å². The van der Waals surface area contributed by atoms with Crippen molar-refractivity contribution < 1.29 is 48.0 Å². The fourth-order valence-electron chi connectivity index (χ4n) is 8.66. The number of phenolic OH excluding ortho intramolecular Hbond substituents is 1. The molecule has 0 radical (unpaired) electrons. The molecule has 1 aromatic carbocycles. The third-order valence-corrected chi connectivity index (χ3v) is 13.2. The van der Waals surface area contributed by atoms with Gasteiger partial charge in [-0.1, -0.05) is 168 Å². The maximum absolute atomic E-state index is 13.2. The van der Waals surface area contributed by atoms with Crippen LogP contribution in [0, 0.1) is 11.8 Å². The molecule has 0 saturated heterocycles. The minimum absolute atomic E-state index is 0.00398. The van der Waals surface area contributed by atoms with E-state index in [-0.39, 0.29) is 67.9 Å². The molecule has 0 bridgehead atoms. The number of hydrogen-bond donors (Lipinski definition) is 2. The topological polar surface area (TPSA) is 155 Å². The maximum atomic E-state index is 13.2. The molecule has 0 heterocycles. The Morgan fingerprint density at radius 3 is 1.19 bits per heavy atom. The van der Waals surface area contributed by atoms with Crippen molar-refractivity contribution in [3.8, 4) is 5.75 Å². The van der Waals surface area contributed by atoms with E-state index in [0.717, 1.165) is 108 Å². The molecule has 69 heavy (non-hydrogen) atoms. The fourth-order valence-corrected chi connectivity index (χ4v) is 8.66. The Morgan fingerprint density at radius 2 is 0.768 bits per heavy atom. The molecule has 1 amide bonds. The van der Waals surface area contributed by atoms with Gasteiger partial charge in [0.25, 0.3) is 0 Å². The number of amides is 1. The van der Waals surface area contributed by atoms with Crippen molar-refractivity contribution in [3.05, 3.63) is 29.8 Å². The van der Waals surface area contributed by atoms with E-state index in [2.05, 4.69) is 33.0 Å². The first kappa shape index (κ1) is 63.4. The zero-order valence-corrected chi connectivity index (χ0v) is 44.4. The molecular formula is C58H101NO10. The number of benzene rings is 1. The van der Waals surface area contributed by atoms with Crippen molar-refractivity contribution in [2.45, 2.75) is 265 Å². The normalized spacial score (nSPS) is 12.5. The summed E-state index contributed by atoms with van der Waals surface area (Å²) in [5.74, 6) is -1.35. The van der Waals surface area contributed by atoms with Crippen molar-refractivity contribution in [2.75, 3.05) is 26.4 Å². The first-order chi connectivity index (χ1) is 33.6. The lowest BCUT2D eigenvalue weighted by Gasteiger charge is -2.18. The van der Waals surface area contributed by atoms with E-state index in [9.17, 15) is 29.1 Å². The predicted molar refractivity (Wildman–Crippen MR) is 279 cm³/mol. The summed E-state index contributed by atoms with van der Waals surface area (Å²) in [5, 5.41) is 12.4. The Kier molecular flexibility index (Phi) is 41.8. The molecule has 0 aliphatic rings. The van der Waals surface area contributed by atoms with Crippen LogP contribution >= 0.6 is 0 Å². The molecular weight excluding hydrogens is 871 g/mol. The number of aryl methyl sites for hydroxylation is 1. The van der Waals surface area contributed by atoms with Crippen LogP contribution in [-0.4, -0.2) is 67.4 Å². The van der Waals surface area contributed by atoms with Crippen molar-refractivity contribution in [1.82, 2.24) is 5.32 Å².